The molecule has 2 saturated carbocycles. The molecule has 19 heavy (non-hydrogen) atoms. The molecular formula is C16H19BrO2. The Hall–Kier alpha value is -0.830. The Morgan fingerprint density at radius 1 is 1.32 bits per heavy atom. The van der Waals surface area contributed by atoms with Crippen molar-refractivity contribution in [2.45, 2.75) is 32.1 Å². The summed E-state index contributed by atoms with van der Waals surface area (Å²) in [6.07, 6.45) is 5.62. The first-order valence-electron chi connectivity index (χ1n) is 7.11. The standard InChI is InChI=1S/C16H19BrO2/c17-15-4-2-1-3-12(15)9-14(16(18)19)13-8-10-5-6-11(13)7-10/h1-4,10-11,13-14H,5-9H2,(H,18,19). The molecule has 1 aromatic carbocycles. The number of hydrogen-bond donors (Lipinski definition) is 1. The minimum absolute atomic E-state index is 0.214. The van der Waals surface area contributed by atoms with Gasteiger partial charge in [0.25, 0.3) is 0 Å². The zero-order valence-electron chi connectivity index (χ0n) is 10.9. The van der Waals surface area contributed by atoms with Crippen LogP contribution in [0, 0.1) is 23.7 Å². The summed E-state index contributed by atoms with van der Waals surface area (Å²) in [5.41, 5.74) is 1.12. The molecule has 4 atom stereocenters. The molecule has 0 amide bonds. The maximum absolute atomic E-state index is 11.7. The van der Waals surface area contributed by atoms with E-state index in [1.807, 2.05) is 24.3 Å². The zero-order valence-corrected chi connectivity index (χ0v) is 12.5. The van der Waals surface area contributed by atoms with Gasteiger partial charge in [-0.25, -0.2) is 0 Å². The fraction of sp³-hybridized carbons (Fsp3) is 0.562. The number of carbonyl (C=O) groups is 1. The van der Waals surface area contributed by atoms with E-state index in [4.69, 9.17) is 0 Å². The lowest BCUT2D eigenvalue weighted by Gasteiger charge is -2.28. The molecular weight excluding hydrogens is 304 g/mol. The summed E-state index contributed by atoms with van der Waals surface area (Å²) >= 11 is 3.53. The molecule has 0 radical (unpaired) electrons. The van der Waals surface area contributed by atoms with Gasteiger partial charge >= 0.3 is 5.97 Å². The molecule has 0 aromatic heterocycles. The van der Waals surface area contributed by atoms with Crippen molar-refractivity contribution >= 4 is 21.9 Å². The quantitative estimate of drug-likeness (QED) is 0.905. The predicted octanol–water partition coefficient (Wildman–Crippen LogP) is 4.13. The van der Waals surface area contributed by atoms with Gasteiger partial charge in [0.1, 0.15) is 0 Å². The molecule has 2 fully saturated rings. The Balaban J connectivity index is 1.79. The number of carboxylic acid groups (broad SMARTS) is 1. The molecule has 0 heterocycles. The molecule has 0 aliphatic heterocycles. The minimum Gasteiger partial charge on any atom is -0.481 e. The Bertz CT molecular complexity index is 485. The lowest BCUT2D eigenvalue weighted by Crippen LogP contribution is -2.29. The molecule has 102 valence electrons. The van der Waals surface area contributed by atoms with Gasteiger partial charge in [0, 0.05) is 4.47 Å². The molecule has 2 nitrogen and oxygen atoms in total. The molecule has 2 bridgehead atoms. The fourth-order valence-electron chi connectivity index (χ4n) is 4.11. The van der Waals surface area contributed by atoms with E-state index in [2.05, 4.69) is 15.9 Å². The van der Waals surface area contributed by atoms with E-state index >= 15 is 0 Å². The van der Waals surface area contributed by atoms with Crippen LogP contribution in [0.5, 0.6) is 0 Å². The maximum atomic E-state index is 11.7. The summed E-state index contributed by atoms with van der Waals surface area (Å²) in [6.45, 7) is 0. The van der Waals surface area contributed by atoms with Crippen molar-refractivity contribution in [3.05, 3.63) is 34.3 Å². The molecule has 3 rings (SSSR count). The number of carboxylic acids is 1. The predicted molar refractivity (Wildman–Crippen MR) is 77.9 cm³/mol. The minimum atomic E-state index is -0.617. The van der Waals surface area contributed by atoms with E-state index in [-0.39, 0.29) is 5.92 Å². The maximum Gasteiger partial charge on any atom is 0.307 e. The molecule has 1 aromatic rings. The van der Waals surface area contributed by atoms with Crippen molar-refractivity contribution in [3.8, 4) is 0 Å². The first-order valence-corrected chi connectivity index (χ1v) is 7.90. The van der Waals surface area contributed by atoms with Crippen LogP contribution in [0.4, 0.5) is 0 Å². The first-order chi connectivity index (χ1) is 9.15. The summed E-state index contributed by atoms with van der Waals surface area (Å²) < 4.78 is 1.03. The van der Waals surface area contributed by atoms with Crippen LogP contribution in [0.1, 0.15) is 31.2 Å². The lowest BCUT2D eigenvalue weighted by molar-refractivity contribution is -0.144. The van der Waals surface area contributed by atoms with Crippen LogP contribution >= 0.6 is 15.9 Å². The number of aliphatic carboxylic acids is 1. The summed E-state index contributed by atoms with van der Waals surface area (Å²) in [5, 5.41) is 9.60. The normalized spacial score (nSPS) is 30.5. The largest absolute Gasteiger partial charge is 0.481 e. The van der Waals surface area contributed by atoms with Crippen LogP contribution in [0.2, 0.25) is 0 Å². The topological polar surface area (TPSA) is 37.3 Å². The van der Waals surface area contributed by atoms with Crippen molar-refractivity contribution in [2.75, 3.05) is 0 Å². The van der Waals surface area contributed by atoms with Crippen molar-refractivity contribution in [2.24, 2.45) is 23.7 Å². The molecule has 3 heteroatoms. The van der Waals surface area contributed by atoms with Crippen molar-refractivity contribution in [3.63, 3.8) is 0 Å². The van der Waals surface area contributed by atoms with Gasteiger partial charge in [0.2, 0.25) is 0 Å². The highest BCUT2D eigenvalue weighted by Gasteiger charge is 2.45. The number of halogens is 1. The van der Waals surface area contributed by atoms with Gasteiger partial charge < -0.3 is 5.11 Å². The second-order valence-electron chi connectivity index (χ2n) is 6.08. The molecule has 2 aliphatic carbocycles. The van der Waals surface area contributed by atoms with Gasteiger partial charge in [-0.05, 0) is 55.1 Å². The van der Waals surface area contributed by atoms with Crippen LogP contribution in [-0.4, -0.2) is 11.1 Å². The summed E-state index contributed by atoms with van der Waals surface area (Å²) in [7, 11) is 0. The van der Waals surface area contributed by atoms with E-state index < -0.39 is 5.97 Å². The Morgan fingerprint density at radius 3 is 2.68 bits per heavy atom. The van der Waals surface area contributed by atoms with Gasteiger partial charge in [-0.15, -0.1) is 0 Å². The van der Waals surface area contributed by atoms with Gasteiger partial charge in [0.15, 0.2) is 0 Å². The Labute approximate surface area is 122 Å². The average molecular weight is 323 g/mol. The number of rotatable bonds is 4. The molecule has 4 unspecified atom stereocenters. The number of fused-ring (bicyclic) bond motifs is 2. The zero-order chi connectivity index (χ0) is 13.4. The van der Waals surface area contributed by atoms with Crippen LogP contribution < -0.4 is 0 Å². The van der Waals surface area contributed by atoms with Crippen LogP contribution in [0.15, 0.2) is 28.7 Å². The fourth-order valence-corrected chi connectivity index (χ4v) is 4.56. The molecule has 1 N–H and O–H groups in total. The van der Waals surface area contributed by atoms with E-state index in [1.165, 1.54) is 19.3 Å². The van der Waals surface area contributed by atoms with Crippen molar-refractivity contribution in [1.82, 2.24) is 0 Å². The van der Waals surface area contributed by atoms with Gasteiger partial charge in [0.05, 0.1) is 5.92 Å². The molecule has 2 aliphatic rings. The average Bonchev–Trinajstić information content (AvgIpc) is 2.99. The summed E-state index contributed by atoms with van der Waals surface area (Å²) in [4.78, 5) is 11.7. The number of benzene rings is 1. The third-order valence-corrected chi connectivity index (χ3v) is 5.80. The second-order valence-corrected chi connectivity index (χ2v) is 6.93. The highest BCUT2D eigenvalue weighted by atomic mass is 79.9. The SMILES string of the molecule is O=C(O)C(Cc1ccccc1Br)C1CC2CCC1C2. The van der Waals surface area contributed by atoms with Crippen LogP contribution in [0.25, 0.3) is 0 Å². The third-order valence-electron chi connectivity index (χ3n) is 5.02. The molecule has 0 saturated heterocycles. The monoisotopic (exact) mass is 322 g/mol. The summed E-state index contributed by atoms with van der Waals surface area (Å²) in [6, 6.07) is 7.99. The highest BCUT2D eigenvalue weighted by molar-refractivity contribution is 9.10. The van der Waals surface area contributed by atoms with E-state index in [9.17, 15) is 9.90 Å². The third kappa shape index (κ3) is 2.58. The number of hydrogen-bond acceptors (Lipinski definition) is 1. The van der Waals surface area contributed by atoms with Gasteiger partial charge in [-0.1, -0.05) is 40.5 Å². The highest BCUT2D eigenvalue weighted by Crippen LogP contribution is 2.51. The van der Waals surface area contributed by atoms with Gasteiger partial charge in [-0.3, -0.25) is 4.79 Å². The van der Waals surface area contributed by atoms with Crippen LogP contribution in [0.3, 0.4) is 0 Å². The first kappa shape index (κ1) is 13.2. The molecule has 0 spiro atoms. The van der Waals surface area contributed by atoms with E-state index in [0.29, 0.717) is 18.3 Å². The van der Waals surface area contributed by atoms with Crippen LogP contribution in [-0.2, 0) is 11.2 Å². The second kappa shape index (κ2) is 5.28. The van der Waals surface area contributed by atoms with Crippen molar-refractivity contribution in [1.29, 1.82) is 0 Å². The van der Waals surface area contributed by atoms with E-state index in [0.717, 1.165) is 22.4 Å². The lowest BCUT2D eigenvalue weighted by atomic mass is 9.77. The van der Waals surface area contributed by atoms with E-state index in [1.54, 1.807) is 0 Å². The van der Waals surface area contributed by atoms with Gasteiger partial charge in [-0.2, -0.15) is 0 Å². The Kier molecular flexibility index (Phi) is 3.66. The Morgan fingerprint density at radius 2 is 2.11 bits per heavy atom. The summed E-state index contributed by atoms with van der Waals surface area (Å²) in [5.74, 6) is 1.02. The van der Waals surface area contributed by atoms with Crippen molar-refractivity contribution < 1.29 is 9.90 Å². The smallest absolute Gasteiger partial charge is 0.307 e.